The Bertz CT molecular complexity index is 608. The van der Waals surface area contributed by atoms with Crippen molar-refractivity contribution in [3.63, 3.8) is 0 Å². The highest BCUT2D eigenvalue weighted by Crippen LogP contribution is 2.25. The molecule has 18 heavy (non-hydrogen) atoms. The van der Waals surface area contributed by atoms with Crippen molar-refractivity contribution in [1.29, 1.82) is 0 Å². The fraction of sp³-hybridized carbons (Fsp3) is 0.167. The third-order valence-electron chi connectivity index (χ3n) is 2.41. The molecule has 0 aliphatic carbocycles. The van der Waals surface area contributed by atoms with Crippen LogP contribution in [0.4, 0.5) is 8.78 Å². The normalized spacial score (nSPS) is 10.6. The number of aryl methyl sites for hydroxylation is 1. The van der Waals surface area contributed by atoms with Crippen molar-refractivity contribution in [3.8, 4) is 11.3 Å². The summed E-state index contributed by atoms with van der Waals surface area (Å²) in [5.74, 6) is -2.04. The summed E-state index contributed by atoms with van der Waals surface area (Å²) in [4.78, 5) is 17.5. The van der Waals surface area contributed by atoms with Crippen LogP contribution < -0.4 is 0 Å². The molecular formula is C12H10F2N2O2. The van der Waals surface area contributed by atoms with Crippen LogP contribution in [-0.2, 0) is 11.2 Å². The molecule has 0 atom stereocenters. The minimum Gasteiger partial charge on any atom is -0.481 e. The van der Waals surface area contributed by atoms with Gasteiger partial charge < -0.3 is 10.1 Å². The molecule has 2 N–H and O–H groups in total. The molecule has 0 spiro atoms. The molecule has 0 radical (unpaired) electrons. The van der Waals surface area contributed by atoms with Crippen LogP contribution in [-0.4, -0.2) is 21.0 Å². The second kappa shape index (κ2) is 4.56. The molecule has 1 heterocycles. The predicted octanol–water partition coefficient (Wildman–Crippen LogP) is 2.29. The van der Waals surface area contributed by atoms with Crippen LogP contribution >= 0.6 is 0 Å². The Kier molecular flexibility index (Phi) is 3.10. The first-order valence-corrected chi connectivity index (χ1v) is 5.20. The van der Waals surface area contributed by atoms with Gasteiger partial charge >= 0.3 is 5.97 Å². The lowest BCUT2D eigenvalue weighted by Gasteiger charge is -2.02. The van der Waals surface area contributed by atoms with Gasteiger partial charge in [0.2, 0.25) is 0 Å². The molecule has 0 unspecified atom stereocenters. The van der Waals surface area contributed by atoms with Crippen LogP contribution in [0, 0.1) is 18.6 Å². The van der Waals surface area contributed by atoms with Crippen molar-refractivity contribution < 1.29 is 18.7 Å². The van der Waals surface area contributed by atoms with E-state index in [0.29, 0.717) is 11.5 Å². The third-order valence-corrected chi connectivity index (χ3v) is 2.41. The van der Waals surface area contributed by atoms with Crippen LogP contribution in [0.5, 0.6) is 0 Å². The molecule has 0 fully saturated rings. The van der Waals surface area contributed by atoms with Gasteiger partial charge in [-0.25, -0.2) is 13.8 Å². The van der Waals surface area contributed by atoms with Gasteiger partial charge in [-0.1, -0.05) is 0 Å². The molecule has 0 aliphatic rings. The van der Waals surface area contributed by atoms with E-state index in [1.165, 1.54) is 6.07 Å². The SMILES string of the molecule is Cc1nc(-c2ccc(F)cc2F)c(CC(=O)O)[nH]1. The van der Waals surface area contributed by atoms with E-state index in [-0.39, 0.29) is 17.7 Å². The van der Waals surface area contributed by atoms with Crippen molar-refractivity contribution in [3.05, 3.63) is 41.4 Å². The van der Waals surface area contributed by atoms with Gasteiger partial charge in [-0.15, -0.1) is 0 Å². The lowest BCUT2D eigenvalue weighted by molar-refractivity contribution is -0.136. The minimum absolute atomic E-state index is 0.0806. The Labute approximate surface area is 101 Å². The number of nitrogens with one attached hydrogen (secondary N) is 1. The van der Waals surface area contributed by atoms with Crippen molar-refractivity contribution in [2.75, 3.05) is 0 Å². The number of benzene rings is 1. The minimum atomic E-state index is -1.05. The number of hydrogen-bond donors (Lipinski definition) is 2. The molecule has 2 rings (SSSR count). The second-order valence-corrected chi connectivity index (χ2v) is 3.84. The van der Waals surface area contributed by atoms with Crippen LogP contribution in [0.25, 0.3) is 11.3 Å². The zero-order valence-corrected chi connectivity index (χ0v) is 9.50. The van der Waals surface area contributed by atoms with E-state index in [4.69, 9.17) is 5.11 Å². The molecule has 6 heteroatoms. The fourth-order valence-electron chi connectivity index (χ4n) is 1.72. The number of imidazole rings is 1. The first-order valence-electron chi connectivity index (χ1n) is 5.20. The Balaban J connectivity index is 2.52. The van der Waals surface area contributed by atoms with Crippen LogP contribution in [0.3, 0.4) is 0 Å². The van der Waals surface area contributed by atoms with Crippen molar-refractivity contribution in [2.24, 2.45) is 0 Å². The molecular weight excluding hydrogens is 242 g/mol. The number of aromatic amines is 1. The number of halogens is 2. The monoisotopic (exact) mass is 252 g/mol. The third kappa shape index (κ3) is 2.37. The van der Waals surface area contributed by atoms with Gasteiger partial charge in [-0.2, -0.15) is 0 Å². The Morgan fingerprint density at radius 1 is 1.44 bits per heavy atom. The van der Waals surface area contributed by atoms with Crippen molar-refractivity contribution >= 4 is 5.97 Å². The lowest BCUT2D eigenvalue weighted by Crippen LogP contribution is -2.02. The molecule has 94 valence electrons. The summed E-state index contributed by atoms with van der Waals surface area (Å²) in [6, 6.07) is 3.09. The number of hydrogen-bond acceptors (Lipinski definition) is 2. The summed E-state index contributed by atoms with van der Waals surface area (Å²) in [5, 5.41) is 8.76. The molecule has 1 aromatic carbocycles. The quantitative estimate of drug-likeness (QED) is 0.880. The molecule has 0 amide bonds. The van der Waals surface area contributed by atoms with E-state index in [9.17, 15) is 13.6 Å². The molecule has 1 aromatic heterocycles. The number of carboxylic acid groups (broad SMARTS) is 1. The van der Waals surface area contributed by atoms with Crippen LogP contribution in [0.1, 0.15) is 11.5 Å². The highest BCUT2D eigenvalue weighted by molar-refractivity contribution is 5.74. The predicted molar refractivity (Wildman–Crippen MR) is 60.0 cm³/mol. The summed E-state index contributed by atoms with van der Waals surface area (Å²) in [6.45, 7) is 1.64. The number of H-pyrrole nitrogens is 1. The summed E-state index contributed by atoms with van der Waals surface area (Å²) in [7, 11) is 0. The van der Waals surface area contributed by atoms with E-state index in [1.54, 1.807) is 6.92 Å². The van der Waals surface area contributed by atoms with E-state index in [2.05, 4.69) is 9.97 Å². The smallest absolute Gasteiger partial charge is 0.309 e. The zero-order chi connectivity index (χ0) is 13.3. The van der Waals surface area contributed by atoms with Crippen molar-refractivity contribution in [2.45, 2.75) is 13.3 Å². The van der Waals surface area contributed by atoms with Crippen LogP contribution in [0.15, 0.2) is 18.2 Å². The van der Waals surface area contributed by atoms with Gasteiger partial charge in [0.1, 0.15) is 17.5 Å². The maximum Gasteiger partial charge on any atom is 0.309 e. The van der Waals surface area contributed by atoms with Crippen molar-refractivity contribution in [1.82, 2.24) is 9.97 Å². The Morgan fingerprint density at radius 2 is 2.17 bits per heavy atom. The van der Waals surface area contributed by atoms with Gasteiger partial charge in [0.15, 0.2) is 0 Å². The standard InChI is InChI=1S/C12H10F2N2O2/c1-6-15-10(5-11(17)18)12(16-6)8-3-2-7(13)4-9(8)14/h2-4H,5H2,1H3,(H,15,16)(H,17,18). The number of nitrogens with zero attached hydrogens (tertiary/aromatic N) is 1. The molecule has 0 bridgehead atoms. The zero-order valence-electron chi connectivity index (χ0n) is 9.50. The number of rotatable bonds is 3. The number of carbonyl (C=O) groups is 1. The summed E-state index contributed by atoms with van der Waals surface area (Å²) in [5.41, 5.74) is 0.579. The van der Waals surface area contributed by atoms with Gasteiger partial charge in [-0.3, -0.25) is 4.79 Å². The molecule has 0 saturated heterocycles. The number of aromatic nitrogens is 2. The lowest BCUT2D eigenvalue weighted by atomic mass is 10.1. The van der Waals surface area contributed by atoms with Crippen LogP contribution in [0.2, 0.25) is 0 Å². The maximum atomic E-state index is 13.6. The van der Waals surface area contributed by atoms with Gasteiger partial charge in [0.25, 0.3) is 0 Å². The molecule has 0 saturated carbocycles. The van der Waals surface area contributed by atoms with E-state index in [0.717, 1.165) is 12.1 Å². The van der Waals surface area contributed by atoms with E-state index < -0.39 is 17.6 Å². The molecule has 0 aliphatic heterocycles. The summed E-state index contributed by atoms with van der Waals surface area (Å²) >= 11 is 0. The van der Waals surface area contributed by atoms with Gasteiger partial charge in [0, 0.05) is 11.6 Å². The highest BCUT2D eigenvalue weighted by Gasteiger charge is 2.16. The maximum absolute atomic E-state index is 13.6. The molecule has 2 aromatic rings. The van der Waals surface area contributed by atoms with Gasteiger partial charge in [-0.05, 0) is 19.1 Å². The Hall–Kier alpha value is -2.24. The first kappa shape index (κ1) is 12.2. The second-order valence-electron chi connectivity index (χ2n) is 3.84. The van der Waals surface area contributed by atoms with E-state index in [1.807, 2.05) is 0 Å². The first-order chi connectivity index (χ1) is 8.47. The highest BCUT2D eigenvalue weighted by atomic mass is 19.1. The number of carboxylic acids is 1. The fourth-order valence-corrected chi connectivity index (χ4v) is 1.72. The molecule has 4 nitrogen and oxygen atoms in total. The number of aliphatic carboxylic acids is 1. The average molecular weight is 252 g/mol. The topological polar surface area (TPSA) is 66.0 Å². The largest absolute Gasteiger partial charge is 0.481 e. The van der Waals surface area contributed by atoms with Gasteiger partial charge in [0.05, 0.1) is 17.8 Å². The van der Waals surface area contributed by atoms with E-state index >= 15 is 0 Å². The summed E-state index contributed by atoms with van der Waals surface area (Å²) in [6.07, 6.45) is -0.299. The average Bonchev–Trinajstić information content (AvgIpc) is 2.58. The Morgan fingerprint density at radius 3 is 2.78 bits per heavy atom. The summed E-state index contributed by atoms with van der Waals surface area (Å²) < 4.78 is 26.4.